The monoisotopic (exact) mass is 423 g/mol. The third-order valence-electron chi connectivity index (χ3n) is 5.70. The van der Waals surface area contributed by atoms with Gasteiger partial charge in [-0.3, -0.25) is 0 Å². The second-order valence-corrected chi connectivity index (χ2v) is 9.27. The van der Waals surface area contributed by atoms with Gasteiger partial charge >= 0.3 is 0 Å². The summed E-state index contributed by atoms with van der Waals surface area (Å²) >= 11 is 1.78. The first-order valence-corrected chi connectivity index (χ1v) is 11.1. The maximum absolute atomic E-state index is 13.9. The Labute approximate surface area is 180 Å². The van der Waals surface area contributed by atoms with Crippen LogP contribution in [0.1, 0.15) is 48.6 Å². The summed E-state index contributed by atoms with van der Waals surface area (Å²) in [7, 11) is 0. The van der Waals surface area contributed by atoms with Crippen LogP contribution < -0.4 is 9.84 Å². The summed E-state index contributed by atoms with van der Waals surface area (Å²) in [5, 5.41) is 10.5. The fourth-order valence-electron chi connectivity index (χ4n) is 3.51. The zero-order chi connectivity index (χ0) is 21.1. The smallest absolute Gasteiger partial charge is 0.123 e. The Morgan fingerprint density at radius 2 is 1.90 bits per heavy atom. The maximum Gasteiger partial charge on any atom is 0.123 e. The van der Waals surface area contributed by atoms with Crippen molar-refractivity contribution in [2.75, 3.05) is 0 Å². The van der Waals surface area contributed by atoms with Crippen molar-refractivity contribution in [3.8, 4) is 16.2 Å². The lowest BCUT2D eigenvalue weighted by Crippen LogP contribution is -2.21. The lowest BCUT2D eigenvalue weighted by molar-refractivity contribution is -0.305. The van der Waals surface area contributed by atoms with Gasteiger partial charge < -0.3 is 14.6 Å². The molecule has 2 aromatic carbocycles. The molecule has 0 saturated heterocycles. The number of aliphatic carboxylic acids is 1. The van der Waals surface area contributed by atoms with Crippen LogP contribution in [0.4, 0.5) is 4.39 Å². The van der Waals surface area contributed by atoms with E-state index in [1.165, 1.54) is 23.8 Å². The van der Waals surface area contributed by atoms with Crippen LogP contribution in [0.25, 0.3) is 10.4 Å². The first-order valence-electron chi connectivity index (χ1n) is 10.2. The molecule has 30 heavy (non-hydrogen) atoms. The Hall–Kier alpha value is -2.66. The molecule has 0 bridgehead atoms. The fraction of sp³-hybridized carbons (Fsp3) is 0.320. The van der Waals surface area contributed by atoms with E-state index in [4.69, 9.17) is 4.74 Å². The molecular weight excluding hydrogens is 399 g/mol. The van der Waals surface area contributed by atoms with Gasteiger partial charge in [0, 0.05) is 26.7 Å². The van der Waals surface area contributed by atoms with Crippen molar-refractivity contribution in [3.63, 3.8) is 0 Å². The van der Waals surface area contributed by atoms with Gasteiger partial charge in [-0.1, -0.05) is 25.1 Å². The Balaban J connectivity index is 1.44. The Bertz CT molecular complexity index is 1030. The van der Waals surface area contributed by atoms with Crippen molar-refractivity contribution < 1.29 is 19.0 Å². The molecule has 1 fully saturated rings. The van der Waals surface area contributed by atoms with Gasteiger partial charge in [0.1, 0.15) is 18.2 Å². The van der Waals surface area contributed by atoms with Crippen molar-refractivity contribution in [1.82, 2.24) is 0 Å². The number of carboxylic acid groups (broad SMARTS) is 1. The van der Waals surface area contributed by atoms with Crippen LogP contribution in [0.15, 0.2) is 54.6 Å². The fourth-order valence-corrected chi connectivity index (χ4v) is 4.78. The number of benzene rings is 2. The Kier molecular flexibility index (Phi) is 5.91. The van der Waals surface area contributed by atoms with Gasteiger partial charge in [0.2, 0.25) is 0 Å². The third kappa shape index (κ3) is 4.90. The van der Waals surface area contributed by atoms with E-state index in [0.29, 0.717) is 24.0 Å². The lowest BCUT2D eigenvalue weighted by Gasteiger charge is -2.11. The molecule has 0 radical (unpaired) electrons. The molecule has 1 saturated carbocycles. The molecular formula is C25H24FO3S-. The van der Waals surface area contributed by atoms with Gasteiger partial charge in [0.25, 0.3) is 0 Å². The summed E-state index contributed by atoms with van der Waals surface area (Å²) < 4.78 is 19.9. The topological polar surface area (TPSA) is 49.4 Å². The molecule has 0 unspecified atom stereocenters. The van der Waals surface area contributed by atoms with Gasteiger partial charge in [0.15, 0.2) is 0 Å². The van der Waals surface area contributed by atoms with Crippen molar-refractivity contribution in [3.05, 3.63) is 76.4 Å². The maximum atomic E-state index is 13.9. The second-order valence-electron chi connectivity index (χ2n) is 8.18. The van der Waals surface area contributed by atoms with Crippen LogP contribution in [0.2, 0.25) is 0 Å². The van der Waals surface area contributed by atoms with E-state index < -0.39 is 5.97 Å². The van der Waals surface area contributed by atoms with Crippen molar-refractivity contribution in [1.29, 1.82) is 0 Å². The quantitative estimate of drug-likeness (QED) is 0.472. The van der Waals surface area contributed by atoms with Crippen LogP contribution in [0, 0.1) is 5.82 Å². The molecule has 0 N–H and O–H groups in total. The number of hydrogen-bond acceptors (Lipinski definition) is 4. The van der Waals surface area contributed by atoms with E-state index >= 15 is 0 Å². The number of aryl methyl sites for hydroxylation is 1. The molecule has 1 aliphatic rings. The van der Waals surface area contributed by atoms with Gasteiger partial charge in [0.05, 0.1) is 0 Å². The molecule has 1 aliphatic carbocycles. The molecule has 0 atom stereocenters. The van der Waals surface area contributed by atoms with Crippen LogP contribution in [-0.2, 0) is 23.2 Å². The highest BCUT2D eigenvalue weighted by molar-refractivity contribution is 7.15. The van der Waals surface area contributed by atoms with E-state index in [2.05, 4.69) is 19.1 Å². The van der Waals surface area contributed by atoms with Crippen molar-refractivity contribution in [2.24, 2.45) is 0 Å². The summed E-state index contributed by atoms with van der Waals surface area (Å²) in [6, 6.07) is 16.8. The number of carboxylic acids is 1. The number of hydrogen-bond donors (Lipinski definition) is 0. The molecule has 0 spiro atoms. The zero-order valence-electron chi connectivity index (χ0n) is 16.9. The average molecular weight is 424 g/mol. The van der Waals surface area contributed by atoms with Gasteiger partial charge in [-0.15, -0.1) is 11.3 Å². The molecule has 1 aromatic heterocycles. The zero-order valence-corrected chi connectivity index (χ0v) is 17.8. The summed E-state index contributed by atoms with van der Waals surface area (Å²) in [6.45, 7) is 2.57. The number of thiophene rings is 1. The van der Waals surface area contributed by atoms with Gasteiger partial charge in [-0.05, 0) is 79.6 Å². The lowest BCUT2D eigenvalue weighted by atomic mass is 10.1. The minimum atomic E-state index is -1.02. The van der Waals surface area contributed by atoms with Crippen molar-refractivity contribution in [2.45, 2.75) is 51.0 Å². The highest BCUT2D eigenvalue weighted by Crippen LogP contribution is 2.51. The summed E-state index contributed by atoms with van der Waals surface area (Å²) in [6.07, 6.45) is 3.76. The molecule has 4 rings (SSSR count). The van der Waals surface area contributed by atoms with Gasteiger partial charge in [-0.25, -0.2) is 4.39 Å². The first-order chi connectivity index (χ1) is 14.4. The van der Waals surface area contributed by atoms with Crippen LogP contribution in [0.5, 0.6) is 5.75 Å². The van der Waals surface area contributed by atoms with E-state index in [0.717, 1.165) is 21.6 Å². The average Bonchev–Trinajstić information content (AvgIpc) is 3.27. The normalized spacial score (nSPS) is 14.5. The first kappa shape index (κ1) is 20.6. The largest absolute Gasteiger partial charge is 0.550 e. The number of rotatable bonds is 9. The third-order valence-corrected chi connectivity index (χ3v) is 7.12. The molecule has 1 heterocycles. The van der Waals surface area contributed by atoms with E-state index in [1.807, 2.05) is 30.3 Å². The number of carbonyl (C=O) groups excluding carboxylic acids is 1. The number of carbonyl (C=O) groups is 1. The highest BCUT2D eigenvalue weighted by Gasteiger charge is 2.40. The Morgan fingerprint density at radius 1 is 1.13 bits per heavy atom. The standard InChI is InChI=1S/C25H25FO3S/c1-25(13-14-25)23-12-11-22(30-23)21-10-7-19(26)15-18(21)16-29-20-8-5-17(6-9-20)3-2-4-24(27)28/h5-12,15H,2-4,13-14,16H2,1H3,(H,27,28)/p-1. The number of ether oxygens (including phenoxy) is 1. The highest BCUT2D eigenvalue weighted by atomic mass is 32.1. The van der Waals surface area contributed by atoms with E-state index in [1.54, 1.807) is 17.4 Å². The molecule has 156 valence electrons. The van der Waals surface area contributed by atoms with Crippen molar-refractivity contribution >= 4 is 17.3 Å². The SMILES string of the molecule is CC1(c2ccc(-c3ccc(F)cc3COc3ccc(CCCC(=O)[O-])cc3)s2)CC1. The Morgan fingerprint density at radius 3 is 2.60 bits per heavy atom. The van der Waals surface area contributed by atoms with Crippen LogP contribution in [0.3, 0.4) is 0 Å². The van der Waals surface area contributed by atoms with Gasteiger partial charge in [-0.2, -0.15) is 0 Å². The molecule has 3 nitrogen and oxygen atoms in total. The minimum absolute atomic E-state index is 0.0597. The minimum Gasteiger partial charge on any atom is -0.550 e. The summed E-state index contributed by atoms with van der Waals surface area (Å²) in [5.74, 6) is -0.595. The van der Waals surface area contributed by atoms with Crippen LogP contribution in [-0.4, -0.2) is 5.97 Å². The molecule has 0 aliphatic heterocycles. The number of halogens is 1. The van der Waals surface area contributed by atoms with E-state index in [9.17, 15) is 14.3 Å². The second kappa shape index (κ2) is 8.60. The van der Waals surface area contributed by atoms with E-state index in [-0.39, 0.29) is 18.8 Å². The molecule has 3 aromatic rings. The molecule has 5 heteroatoms. The van der Waals surface area contributed by atoms with Crippen LogP contribution >= 0.6 is 11.3 Å². The predicted molar refractivity (Wildman–Crippen MR) is 115 cm³/mol. The molecule has 0 amide bonds. The predicted octanol–water partition coefficient (Wildman–Crippen LogP) is 5.26. The summed E-state index contributed by atoms with van der Waals surface area (Å²) in [4.78, 5) is 13.0. The summed E-state index contributed by atoms with van der Waals surface area (Å²) in [5.41, 5.74) is 3.20.